The number of nitrogens with two attached hydrogens (primary N) is 1. The van der Waals surface area contributed by atoms with Crippen molar-refractivity contribution < 1.29 is 4.79 Å². The summed E-state index contributed by atoms with van der Waals surface area (Å²) in [6.45, 7) is 0.701. The largest absolute Gasteiger partial charge is 0.368 e. The lowest BCUT2D eigenvalue weighted by atomic mass is 9.82. The normalized spacial score (nSPS) is 33.2. The van der Waals surface area contributed by atoms with Gasteiger partial charge in [-0.2, -0.15) is 0 Å². The summed E-state index contributed by atoms with van der Waals surface area (Å²) in [6, 6.07) is 11.2. The van der Waals surface area contributed by atoms with Crippen LogP contribution in [0.4, 0.5) is 0 Å². The van der Waals surface area contributed by atoms with Crippen molar-refractivity contribution in [3.8, 4) is 0 Å². The summed E-state index contributed by atoms with van der Waals surface area (Å²) in [5, 5.41) is 3.47. The van der Waals surface area contributed by atoms with E-state index >= 15 is 0 Å². The van der Waals surface area contributed by atoms with E-state index in [1.54, 1.807) is 0 Å². The standard InChI is InChI=1S/C16H23N3O/c1-19-13-7-8-14(19)10-16(9-13,15(17)20)18-11-12-5-3-2-4-6-12/h2-6,13-14,18H,7-11H2,1H3,(H2,17,20). The third-order valence-corrected chi connectivity index (χ3v) is 5.10. The minimum atomic E-state index is -0.534. The highest BCUT2D eigenvalue weighted by molar-refractivity contribution is 5.85. The molecule has 4 heteroatoms. The van der Waals surface area contributed by atoms with Crippen LogP contribution < -0.4 is 11.1 Å². The van der Waals surface area contributed by atoms with Gasteiger partial charge in [-0.1, -0.05) is 30.3 Å². The summed E-state index contributed by atoms with van der Waals surface area (Å²) >= 11 is 0. The van der Waals surface area contributed by atoms with Crippen LogP contribution in [0.3, 0.4) is 0 Å². The smallest absolute Gasteiger partial charge is 0.237 e. The Labute approximate surface area is 120 Å². The number of hydrogen-bond donors (Lipinski definition) is 2. The molecule has 1 aromatic carbocycles. The lowest BCUT2D eigenvalue weighted by molar-refractivity contribution is -0.127. The van der Waals surface area contributed by atoms with Crippen LogP contribution in [-0.2, 0) is 11.3 Å². The molecule has 1 aromatic rings. The average molecular weight is 273 g/mol. The first-order valence-electron chi connectivity index (χ1n) is 7.41. The number of rotatable bonds is 4. The molecule has 108 valence electrons. The van der Waals surface area contributed by atoms with E-state index in [9.17, 15) is 4.79 Å². The van der Waals surface area contributed by atoms with Crippen molar-refractivity contribution in [1.29, 1.82) is 0 Å². The molecule has 20 heavy (non-hydrogen) atoms. The van der Waals surface area contributed by atoms with Crippen LogP contribution >= 0.6 is 0 Å². The fraction of sp³-hybridized carbons (Fsp3) is 0.562. The Balaban J connectivity index is 1.75. The number of hydrogen-bond acceptors (Lipinski definition) is 3. The van der Waals surface area contributed by atoms with Crippen molar-refractivity contribution in [2.45, 2.75) is 49.9 Å². The average Bonchev–Trinajstić information content (AvgIpc) is 2.68. The van der Waals surface area contributed by atoms with E-state index in [4.69, 9.17) is 5.73 Å². The van der Waals surface area contributed by atoms with Crippen LogP contribution in [0.1, 0.15) is 31.2 Å². The van der Waals surface area contributed by atoms with Gasteiger partial charge >= 0.3 is 0 Å². The Morgan fingerprint density at radius 3 is 2.45 bits per heavy atom. The number of nitrogens with zero attached hydrogens (tertiary/aromatic N) is 1. The molecule has 0 aromatic heterocycles. The first kappa shape index (κ1) is 13.6. The van der Waals surface area contributed by atoms with Gasteiger partial charge in [0.1, 0.15) is 5.54 Å². The first-order chi connectivity index (χ1) is 9.61. The molecule has 3 N–H and O–H groups in total. The van der Waals surface area contributed by atoms with E-state index in [-0.39, 0.29) is 5.91 Å². The van der Waals surface area contributed by atoms with Crippen LogP contribution in [0.15, 0.2) is 30.3 Å². The molecular weight excluding hydrogens is 250 g/mol. The summed E-state index contributed by atoms with van der Waals surface area (Å²) in [6.07, 6.45) is 4.04. The number of fused-ring (bicyclic) bond motifs is 2. The second-order valence-electron chi connectivity index (χ2n) is 6.24. The Morgan fingerprint density at radius 2 is 1.90 bits per heavy atom. The highest BCUT2D eigenvalue weighted by atomic mass is 16.1. The van der Waals surface area contributed by atoms with Crippen LogP contribution in [-0.4, -0.2) is 35.5 Å². The van der Waals surface area contributed by atoms with Crippen molar-refractivity contribution in [3.05, 3.63) is 35.9 Å². The Hall–Kier alpha value is -1.39. The van der Waals surface area contributed by atoms with Crippen molar-refractivity contribution in [2.75, 3.05) is 7.05 Å². The molecule has 2 aliphatic heterocycles. The molecule has 2 aliphatic rings. The Kier molecular flexibility index (Phi) is 3.52. The van der Waals surface area contributed by atoms with Crippen LogP contribution in [0.25, 0.3) is 0 Å². The second kappa shape index (κ2) is 5.19. The predicted octanol–water partition coefficient (Wildman–Crippen LogP) is 1.26. The van der Waals surface area contributed by atoms with Crippen molar-refractivity contribution in [3.63, 3.8) is 0 Å². The summed E-state index contributed by atoms with van der Waals surface area (Å²) in [5.74, 6) is -0.196. The van der Waals surface area contributed by atoms with Crippen molar-refractivity contribution in [2.24, 2.45) is 5.73 Å². The summed E-state index contributed by atoms with van der Waals surface area (Å²) in [4.78, 5) is 14.5. The van der Waals surface area contributed by atoms with E-state index in [2.05, 4.69) is 29.4 Å². The van der Waals surface area contributed by atoms with Gasteiger partial charge in [0.25, 0.3) is 0 Å². The fourth-order valence-corrected chi connectivity index (χ4v) is 3.77. The zero-order valence-electron chi connectivity index (χ0n) is 12.0. The molecule has 0 saturated carbocycles. The SMILES string of the molecule is CN1C2CCC1CC(NCc1ccccc1)(C(N)=O)C2. The van der Waals surface area contributed by atoms with Crippen LogP contribution in [0.2, 0.25) is 0 Å². The highest BCUT2D eigenvalue weighted by Crippen LogP contribution is 2.39. The second-order valence-corrected chi connectivity index (χ2v) is 6.24. The van der Waals surface area contributed by atoms with Gasteiger partial charge in [0, 0.05) is 18.6 Å². The molecule has 4 nitrogen and oxygen atoms in total. The number of piperidine rings is 1. The Bertz CT molecular complexity index is 474. The number of nitrogens with one attached hydrogen (secondary N) is 1. The maximum absolute atomic E-state index is 12.1. The number of carbonyl (C=O) groups excluding carboxylic acids is 1. The lowest BCUT2D eigenvalue weighted by Crippen LogP contribution is -2.63. The summed E-state index contributed by atoms with van der Waals surface area (Å²) in [7, 11) is 2.17. The zero-order chi connectivity index (χ0) is 14.2. The molecule has 2 unspecified atom stereocenters. The molecule has 2 fully saturated rings. The van der Waals surface area contributed by atoms with Gasteiger partial charge < -0.3 is 10.6 Å². The van der Waals surface area contributed by atoms with Crippen LogP contribution in [0.5, 0.6) is 0 Å². The minimum absolute atomic E-state index is 0.196. The van der Waals surface area contributed by atoms with Gasteiger partial charge in [-0.25, -0.2) is 0 Å². The van der Waals surface area contributed by atoms with Gasteiger partial charge in [0.05, 0.1) is 0 Å². The molecule has 1 amide bonds. The van der Waals surface area contributed by atoms with Crippen LogP contribution in [0, 0.1) is 0 Å². The molecule has 2 saturated heterocycles. The summed E-state index contributed by atoms with van der Waals surface area (Å²) in [5.41, 5.74) is 6.40. The van der Waals surface area contributed by atoms with Gasteiger partial charge in [0.2, 0.25) is 5.91 Å². The van der Waals surface area contributed by atoms with Crippen molar-refractivity contribution in [1.82, 2.24) is 10.2 Å². The van der Waals surface area contributed by atoms with Crippen molar-refractivity contribution >= 4 is 5.91 Å². The van der Waals surface area contributed by atoms with E-state index < -0.39 is 5.54 Å². The third kappa shape index (κ3) is 2.34. The minimum Gasteiger partial charge on any atom is -0.368 e. The highest BCUT2D eigenvalue weighted by Gasteiger charge is 2.49. The zero-order valence-corrected chi connectivity index (χ0v) is 12.0. The summed E-state index contributed by atoms with van der Waals surface area (Å²) < 4.78 is 0. The molecular formula is C16H23N3O. The molecule has 2 atom stereocenters. The monoisotopic (exact) mass is 273 g/mol. The lowest BCUT2D eigenvalue weighted by Gasteiger charge is -2.44. The predicted molar refractivity (Wildman–Crippen MR) is 79.0 cm³/mol. The molecule has 3 rings (SSSR count). The third-order valence-electron chi connectivity index (χ3n) is 5.10. The fourth-order valence-electron chi connectivity index (χ4n) is 3.77. The molecule has 0 aliphatic carbocycles. The van der Waals surface area contributed by atoms with E-state index in [0.717, 1.165) is 12.8 Å². The number of carbonyl (C=O) groups is 1. The van der Waals surface area contributed by atoms with Gasteiger partial charge in [-0.15, -0.1) is 0 Å². The maximum Gasteiger partial charge on any atom is 0.237 e. The molecule has 2 bridgehead atoms. The van der Waals surface area contributed by atoms with E-state index in [0.29, 0.717) is 18.6 Å². The maximum atomic E-state index is 12.1. The van der Waals surface area contributed by atoms with Gasteiger partial charge in [-0.05, 0) is 38.3 Å². The van der Waals surface area contributed by atoms with Gasteiger partial charge in [0.15, 0.2) is 0 Å². The van der Waals surface area contributed by atoms with E-state index in [1.807, 2.05) is 18.2 Å². The Morgan fingerprint density at radius 1 is 1.30 bits per heavy atom. The molecule has 2 heterocycles. The molecule has 0 radical (unpaired) electrons. The first-order valence-corrected chi connectivity index (χ1v) is 7.41. The van der Waals surface area contributed by atoms with E-state index in [1.165, 1.54) is 18.4 Å². The number of benzene rings is 1. The topological polar surface area (TPSA) is 58.4 Å². The number of amides is 1. The molecule has 0 spiro atoms. The number of primary amides is 1. The van der Waals surface area contributed by atoms with Gasteiger partial charge in [-0.3, -0.25) is 10.1 Å². The quantitative estimate of drug-likeness (QED) is 0.868.